The van der Waals surface area contributed by atoms with Crippen LogP contribution in [0.1, 0.15) is 10.4 Å². The molecule has 0 bridgehead atoms. The Morgan fingerprint density at radius 1 is 1.54 bits per heavy atom. The summed E-state index contributed by atoms with van der Waals surface area (Å²) in [6.07, 6.45) is 0. The van der Waals surface area contributed by atoms with E-state index >= 15 is 0 Å². The SMILES string of the molecule is Nc1cccc(C(=O)OCCF)c1. The van der Waals surface area contributed by atoms with Crippen LogP contribution in [0.25, 0.3) is 0 Å². The van der Waals surface area contributed by atoms with Crippen molar-refractivity contribution in [3.63, 3.8) is 0 Å². The summed E-state index contributed by atoms with van der Waals surface area (Å²) in [7, 11) is 0. The molecule has 3 nitrogen and oxygen atoms in total. The molecule has 1 aromatic carbocycles. The molecule has 0 saturated heterocycles. The number of hydrogen-bond acceptors (Lipinski definition) is 3. The van der Waals surface area contributed by atoms with Gasteiger partial charge in [0.25, 0.3) is 0 Å². The highest BCUT2D eigenvalue weighted by Crippen LogP contribution is 2.07. The van der Waals surface area contributed by atoms with Crippen LogP contribution >= 0.6 is 0 Å². The molecule has 0 spiro atoms. The van der Waals surface area contributed by atoms with Gasteiger partial charge >= 0.3 is 5.97 Å². The zero-order valence-corrected chi connectivity index (χ0v) is 7.00. The molecule has 13 heavy (non-hydrogen) atoms. The van der Waals surface area contributed by atoms with Crippen LogP contribution in [0.15, 0.2) is 24.3 Å². The summed E-state index contributed by atoms with van der Waals surface area (Å²) in [5.41, 5.74) is 6.27. The van der Waals surface area contributed by atoms with Gasteiger partial charge in [-0.25, -0.2) is 9.18 Å². The molecular formula is C9H10FNO2. The number of esters is 1. The second kappa shape index (κ2) is 4.45. The maximum atomic E-state index is 11.6. The minimum atomic E-state index is -0.673. The van der Waals surface area contributed by atoms with Crippen LogP contribution in [-0.2, 0) is 4.74 Å². The number of ether oxygens (including phenoxy) is 1. The molecule has 0 saturated carbocycles. The lowest BCUT2D eigenvalue weighted by Gasteiger charge is -2.02. The predicted octanol–water partition coefficient (Wildman–Crippen LogP) is 1.40. The molecule has 0 aliphatic carbocycles. The monoisotopic (exact) mass is 183 g/mol. The lowest BCUT2D eigenvalue weighted by molar-refractivity contribution is 0.0481. The van der Waals surface area contributed by atoms with Crippen molar-refractivity contribution >= 4 is 11.7 Å². The fraction of sp³-hybridized carbons (Fsp3) is 0.222. The smallest absolute Gasteiger partial charge is 0.338 e. The molecular weight excluding hydrogens is 173 g/mol. The van der Waals surface area contributed by atoms with E-state index in [9.17, 15) is 9.18 Å². The molecule has 4 heteroatoms. The van der Waals surface area contributed by atoms with Gasteiger partial charge in [-0.2, -0.15) is 0 Å². The molecule has 0 atom stereocenters. The van der Waals surface area contributed by atoms with Gasteiger partial charge in [0.1, 0.15) is 13.3 Å². The number of benzene rings is 1. The van der Waals surface area contributed by atoms with Gasteiger partial charge in [0.05, 0.1) is 5.56 Å². The number of carbonyl (C=O) groups excluding carboxylic acids is 1. The molecule has 0 heterocycles. The van der Waals surface area contributed by atoms with Crippen LogP contribution in [0.4, 0.5) is 10.1 Å². The van der Waals surface area contributed by atoms with Crippen molar-refractivity contribution in [2.24, 2.45) is 0 Å². The molecule has 0 amide bonds. The van der Waals surface area contributed by atoms with E-state index in [1.165, 1.54) is 6.07 Å². The first-order chi connectivity index (χ1) is 6.24. The number of hydrogen-bond donors (Lipinski definition) is 1. The van der Waals surface area contributed by atoms with Crippen molar-refractivity contribution in [1.82, 2.24) is 0 Å². The Morgan fingerprint density at radius 3 is 2.92 bits per heavy atom. The van der Waals surface area contributed by atoms with Crippen molar-refractivity contribution in [3.8, 4) is 0 Å². The highest BCUT2D eigenvalue weighted by molar-refractivity contribution is 5.90. The normalized spacial score (nSPS) is 9.62. The van der Waals surface area contributed by atoms with E-state index in [0.717, 1.165) is 0 Å². The molecule has 0 fully saturated rings. The summed E-state index contributed by atoms with van der Waals surface area (Å²) in [6, 6.07) is 6.35. The summed E-state index contributed by atoms with van der Waals surface area (Å²) in [5.74, 6) is -0.551. The van der Waals surface area contributed by atoms with Crippen molar-refractivity contribution in [2.75, 3.05) is 19.0 Å². The molecule has 0 radical (unpaired) electrons. The lowest BCUT2D eigenvalue weighted by atomic mass is 10.2. The minimum Gasteiger partial charge on any atom is -0.459 e. The van der Waals surface area contributed by atoms with Gasteiger partial charge in [-0.15, -0.1) is 0 Å². The first-order valence-corrected chi connectivity index (χ1v) is 3.82. The molecule has 1 aromatic rings. The van der Waals surface area contributed by atoms with Crippen LogP contribution in [-0.4, -0.2) is 19.3 Å². The molecule has 2 N–H and O–H groups in total. The van der Waals surface area contributed by atoms with E-state index in [2.05, 4.69) is 4.74 Å². The fourth-order valence-corrected chi connectivity index (χ4v) is 0.880. The largest absolute Gasteiger partial charge is 0.459 e. The summed E-state index contributed by atoms with van der Waals surface area (Å²) in [5, 5.41) is 0. The zero-order chi connectivity index (χ0) is 9.68. The Kier molecular flexibility index (Phi) is 3.25. The van der Waals surface area contributed by atoms with Gasteiger partial charge in [-0.3, -0.25) is 0 Å². The average molecular weight is 183 g/mol. The molecule has 0 aromatic heterocycles. The van der Waals surface area contributed by atoms with Crippen molar-refractivity contribution in [1.29, 1.82) is 0 Å². The second-order valence-electron chi connectivity index (χ2n) is 2.45. The average Bonchev–Trinajstić information content (AvgIpc) is 2.14. The lowest BCUT2D eigenvalue weighted by Crippen LogP contribution is -2.07. The van der Waals surface area contributed by atoms with Crippen LogP contribution in [0.5, 0.6) is 0 Å². The first kappa shape index (κ1) is 9.51. The standard InChI is InChI=1S/C9H10FNO2/c10-4-5-13-9(12)7-2-1-3-8(11)6-7/h1-3,6H,4-5,11H2. The number of rotatable bonds is 3. The minimum absolute atomic E-state index is 0.215. The van der Waals surface area contributed by atoms with Gasteiger partial charge in [-0.05, 0) is 18.2 Å². The Bertz CT molecular complexity index is 301. The molecule has 0 aliphatic rings. The van der Waals surface area contributed by atoms with Gasteiger partial charge in [0, 0.05) is 5.69 Å². The summed E-state index contributed by atoms with van der Waals surface area (Å²) in [4.78, 5) is 11.1. The van der Waals surface area contributed by atoms with E-state index in [0.29, 0.717) is 11.3 Å². The third-order valence-corrected chi connectivity index (χ3v) is 1.43. The summed E-state index contributed by atoms with van der Waals surface area (Å²) >= 11 is 0. The Balaban J connectivity index is 2.66. The second-order valence-corrected chi connectivity index (χ2v) is 2.45. The van der Waals surface area contributed by atoms with E-state index in [4.69, 9.17) is 5.73 Å². The quantitative estimate of drug-likeness (QED) is 0.569. The zero-order valence-electron chi connectivity index (χ0n) is 7.00. The van der Waals surface area contributed by atoms with Crippen molar-refractivity contribution in [3.05, 3.63) is 29.8 Å². The first-order valence-electron chi connectivity index (χ1n) is 3.82. The van der Waals surface area contributed by atoms with Gasteiger partial charge in [0.2, 0.25) is 0 Å². The van der Waals surface area contributed by atoms with Gasteiger partial charge in [-0.1, -0.05) is 6.07 Å². The van der Waals surface area contributed by atoms with Crippen LogP contribution in [0, 0.1) is 0 Å². The molecule has 1 rings (SSSR count). The highest BCUT2D eigenvalue weighted by Gasteiger charge is 2.05. The fourth-order valence-electron chi connectivity index (χ4n) is 0.880. The van der Waals surface area contributed by atoms with E-state index in [-0.39, 0.29) is 6.61 Å². The topological polar surface area (TPSA) is 52.3 Å². The number of nitrogen functional groups attached to an aromatic ring is 1. The number of halogens is 1. The number of carbonyl (C=O) groups is 1. The van der Waals surface area contributed by atoms with Crippen molar-refractivity contribution in [2.45, 2.75) is 0 Å². The molecule has 0 aliphatic heterocycles. The summed E-state index contributed by atoms with van der Waals surface area (Å²) in [6.45, 7) is -0.887. The Morgan fingerprint density at radius 2 is 2.31 bits per heavy atom. The van der Waals surface area contributed by atoms with Crippen molar-refractivity contribution < 1.29 is 13.9 Å². The van der Waals surface area contributed by atoms with E-state index in [1.807, 2.05) is 0 Å². The third-order valence-electron chi connectivity index (χ3n) is 1.43. The van der Waals surface area contributed by atoms with E-state index in [1.54, 1.807) is 18.2 Å². The highest BCUT2D eigenvalue weighted by atomic mass is 19.1. The number of alkyl halides is 1. The van der Waals surface area contributed by atoms with Crippen LogP contribution < -0.4 is 5.73 Å². The molecule has 0 unspecified atom stereocenters. The summed E-state index contributed by atoms with van der Waals surface area (Å²) < 4.78 is 16.2. The molecule has 70 valence electrons. The predicted molar refractivity (Wildman–Crippen MR) is 47.1 cm³/mol. The third kappa shape index (κ3) is 2.74. The maximum Gasteiger partial charge on any atom is 0.338 e. The van der Waals surface area contributed by atoms with Gasteiger partial charge < -0.3 is 10.5 Å². The van der Waals surface area contributed by atoms with E-state index < -0.39 is 12.6 Å². The number of anilines is 1. The van der Waals surface area contributed by atoms with Crippen LogP contribution in [0.2, 0.25) is 0 Å². The van der Waals surface area contributed by atoms with Crippen LogP contribution in [0.3, 0.4) is 0 Å². The Labute approximate surface area is 75.3 Å². The number of nitrogens with two attached hydrogens (primary N) is 1. The Hall–Kier alpha value is -1.58. The van der Waals surface area contributed by atoms with Gasteiger partial charge in [0.15, 0.2) is 0 Å². The maximum absolute atomic E-state index is 11.6.